The van der Waals surface area contributed by atoms with Crippen LogP contribution in [0.15, 0.2) is 23.1 Å². The van der Waals surface area contributed by atoms with Crippen molar-refractivity contribution < 1.29 is 0 Å². The summed E-state index contributed by atoms with van der Waals surface area (Å²) in [7, 11) is 1.90. The van der Waals surface area contributed by atoms with Gasteiger partial charge in [0.2, 0.25) is 0 Å². The standard InChI is InChI=1S/C8H7ClN2S2/c1-10-13-5-2-3-6-7(4-5)12-8(9)11-6/h2-4,10H,1H3. The summed E-state index contributed by atoms with van der Waals surface area (Å²) in [6.07, 6.45) is 0. The Morgan fingerprint density at radius 3 is 3.15 bits per heavy atom. The Morgan fingerprint density at radius 1 is 1.54 bits per heavy atom. The molecule has 0 aliphatic carbocycles. The fraction of sp³-hybridized carbons (Fsp3) is 0.125. The Balaban J connectivity index is 2.48. The molecule has 5 heteroatoms. The lowest BCUT2D eigenvalue weighted by Crippen LogP contribution is -1.89. The molecule has 1 heterocycles. The van der Waals surface area contributed by atoms with Crippen molar-refractivity contribution in [1.29, 1.82) is 0 Å². The molecule has 1 aromatic carbocycles. The number of nitrogens with one attached hydrogen (secondary N) is 1. The summed E-state index contributed by atoms with van der Waals surface area (Å²) in [5.74, 6) is 0. The van der Waals surface area contributed by atoms with E-state index in [0.29, 0.717) is 4.47 Å². The van der Waals surface area contributed by atoms with E-state index in [0.717, 1.165) is 10.2 Å². The van der Waals surface area contributed by atoms with E-state index >= 15 is 0 Å². The Labute approximate surface area is 89.4 Å². The molecular weight excluding hydrogens is 224 g/mol. The SMILES string of the molecule is CNSc1ccc2nc(Cl)sc2c1. The number of fused-ring (bicyclic) bond motifs is 1. The topological polar surface area (TPSA) is 24.9 Å². The molecule has 0 radical (unpaired) electrons. The minimum Gasteiger partial charge on any atom is -0.263 e. The highest BCUT2D eigenvalue weighted by molar-refractivity contribution is 7.97. The fourth-order valence-corrected chi connectivity index (χ4v) is 2.75. The van der Waals surface area contributed by atoms with Crippen molar-refractivity contribution >= 4 is 45.1 Å². The van der Waals surface area contributed by atoms with E-state index < -0.39 is 0 Å². The third-order valence-electron chi connectivity index (χ3n) is 1.55. The molecule has 0 amide bonds. The molecule has 0 atom stereocenters. The lowest BCUT2D eigenvalue weighted by Gasteiger charge is -1.96. The van der Waals surface area contributed by atoms with Gasteiger partial charge in [0.25, 0.3) is 0 Å². The number of hydrogen-bond donors (Lipinski definition) is 1. The van der Waals surface area contributed by atoms with E-state index in [-0.39, 0.29) is 0 Å². The average molecular weight is 231 g/mol. The van der Waals surface area contributed by atoms with Gasteiger partial charge in [-0.3, -0.25) is 4.72 Å². The van der Waals surface area contributed by atoms with Crippen molar-refractivity contribution in [3.8, 4) is 0 Å². The first-order chi connectivity index (χ1) is 6.29. The number of aromatic nitrogens is 1. The Bertz CT molecular complexity index is 427. The number of rotatable bonds is 2. The van der Waals surface area contributed by atoms with Crippen LogP contribution in [0.3, 0.4) is 0 Å². The maximum atomic E-state index is 5.80. The molecule has 0 saturated heterocycles. The van der Waals surface area contributed by atoms with E-state index in [1.54, 1.807) is 11.9 Å². The third-order valence-corrected chi connectivity index (χ3v) is 3.37. The highest BCUT2D eigenvalue weighted by atomic mass is 35.5. The molecular formula is C8H7ClN2S2. The zero-order valence-corrected chi connectivity index (χ0v) is 9.26. The molecule has 0 aliphatic heterocycles. The van der Waals surface area contributed by atoms with Crippen LogP contribution in [0.25, 0.3) is 10.2 Å². The van der Waals surface area contributed by atoms with Crippen LogP contribution in [-0.2, 0) is 0 Å². The molecule has 0 bridgehead atoms. The number of benzene rings is 1. The molecule has 2 rings (SSSR count). The summed E-state index contributed by atoms with van der Waals surface area (Å²) in [6, 6.07) is 6.09. The molecule has 13 heavy (non-hydrogen) atoms. The zero-order valence-electron chi connectivity index (χ0n) is 6.87. The van der Waals surface area contributed by atoms with Crippen LogP contribution in [-0.4, -0.2) is 12.0 Å². The van der Waals surface area contributed by atoms with Gasteiger partial charge < -0.3 is 0 Å². The van der Waals surface area contributed by atoms with E-state index in [1.807, 2.05) is 19.2 Å². The maximum absolute atomic E-state index is 5.80. The van der Waals surface area contributed by atoms with Crippen molar-refractivity contribution in [3.05, 3.63) is 22.7 Å². The molecule has 0 spiro atoms. The van der Waals surface area contributed by atoms with E-state index in [2.05, 4.69) is 15.8 Å². The first-order valence-corrected chi connectivity index (χ1v) is 5.70. The summed E-state index contributed by atoms with van der Waals surface area (Å²) in [4.78, 5) is 5.34. The predicted octanol–water partition coefficient (Wildman–Crippen LogP) is 3.18. The molecule has 0 fully saturated rings. The lowest BCUT2D eigenvalue weighted by atomic mass is 10.3. The largest absolute Gasteiger partial charge is 0.263 e. The minimum atomic E-state index is 0.599. The summed E-state index contributed by atoms with van der Waals surface area (Å²) in [6.45, 7) is 0. The second kappa shape index (κ2) is 3.84. The number of hydrogen-bond acceptors (Lipinski definition) is 4. The average Bonchev–Trinajstić information content (AvgIpc) is 2.44. The van der Waals surface area contributed by atoms with Crippen LogP contribution < -0.4 is 4.72 Å². The fourth-order valence-electron chi connectivity index (χ4n) is 1.06. The van der Waals surface area contributed by atoms with Gasteiger partial charge in [0.1, 0.15) is 0 Å². The summed E-state index contributed by atoms with van der Waals surface area (Å²) >= 11 is 8.89. The van der Waals surface area contributed by atoms with Gasteiger partial charge in [0.15, 0.2) is 4.47 Å². The highest BCUT2D eigenvalue weighted by Crippen LogP contribution is 2.28. The van der Waals surface area contributed by atoms with Gasteiger partial charge in [-0.2, -0.15) is 0 Å². The van der Waals surface area contributed by atoms with E-state index in [4.69, 9.17) is 11.6 Å². The number of thiazole rings is 1. The van der Waals surface area contributed by atoms with Crippen molar-refractivity contribution in [1.82, 2.24) is 9.71 Å². The van der Waals surface area contributed by atoms with Gasteiger partial charge in [0.05, 0.1) is 10.2 Å². The third kappa shape index (κ3) is 1.96. The molecule has 1 N–H and O–H groups in total. The first-order valence-electron chi connectivity index (χ1n) is 3.69. The smallest absolute Gasteiger partial charge is 0.184 e. The second-order valence-electron chi connectivity index (χ2n) is 2.40. The van der Waals surface area contributed by atoms with Crippen molar-refractivity contribution in [2.75, 3.05) is 7.05 Å². The van der Waals surface area contributed by atoms with Crippen LogP contribution in [0.4, 0.5) is 0 Å². The predicted molar refractivity (Wildman–Crippen MR) is 59.5 cm³/mol. The van der Waals surface area contributed by atoms with Crippen LogP contribution in [0.5, 0.6) is 0 Å². The lowest BCUT2D eigenvalue weighted by molar-refractivity contribution is 1.28. The van der Waals surface area contributed by atoms with Gasteiger partial charge in [-0.15, -0.1) is 11.3 Å². The van der Waals surface area contributed by atoms with Crippen LogP contribution >= 0.6 is 34.9 Å². The molecule has 68 valence electrons. The van der Waals surface area contributed by atoms with Crippen molar-refractivity contribution in [3.63, 3.8) is 0 Å². The van der Waals surface area contributed by atoms with Crippen molar-refractivity contribution in [2.45, 2.75) is 4.90 Å². The Morgan fingerprint density at radius 2 is 2.38 bits per heavy atom. The molecule has 2 aromatic rings. The monoisotopic (exact) mass is 230 g/mol. The van der Waals surface area contributed by atoms with Gasteiger partial charge in [0, 0.05) is 4.90 Å². The van der Waals surface area contributed by atoms with Gasteiger partial charge >= 0.3 is 0 Å². The van der Waals surface area contributed by atoms with E-state index in [1.165, 1.54) is 16.2 Å². The van der Waals surface area contributed by atoms with Crippen LogP contribution in [0.2, 0.25) is 4.47 Å². The number of nitrogens with zero attached hydrogens (tertiary/aromatic N) is 1. The summed E-state index contributed by atoms with van der Waals surface area (Å²) in [5, 5.41) is 0. The molecule has 1 aromatic heterocycles. The highest BCUT2D eigenvalue weighted by Gasteiger charge is 2.02. The molecule has 0 unspecified atom stereocenters. The normalized spacial score (nSPS) is 10.9. The summed E-state index contributed by atoms with van der Waals surface area (Å²) < 4.78 is 4.75. The molecule has 2 nitrogen and oxygen atoms in total. The molecule has 0 aliphatic rings. The Kier molecular flexibility index (Phi) is 2.74. The second-order valence-corrected chi connectivity index (χ2v) is 5.10. The molecule has 0 saturated carbocycles. The van der Waals surface area contributed by atoms with Crippen molar-refractivity contribution in [2.24, 2.45) is 0 Å². The quantitative estimate of drug-likeness (QED) is 0.803. The number of halogens is 1. The zero-order chi connectivity index (χ0) is 9.26. The van der Waals surface area contributed by atoms with Gasteiger partial charge in [-0.25, -0.2) is 4.98 Å². The van der Waals surface area contributed by atoms with Crippen LogP contribution in [0, 0.1) is 0 Å². The maximum Gasteiger partial charge on any atom is 0.184 e. The van der Waals surface area contributed by atoms with Crippen LogP contribution in [0.1, 0.15) is 0 Å². The summed E-state index contributed by atoms with van der Waals surface area (Å²) in [5.41, 5.74) is 0.968. The Hall–Kier alpha value is -0.290. The first kappa shape index (κ1) is 9.27. The van der Waals surface area contributed by atoms with Gasteiger partial charge in [-0.1, -0.05) is 11.6 Å². The van der Waals surface area contributed by atoms with E-state index in [9.17, 15) is 0 Å². The minimum absolute atomic E-state index is 0.599. The van der Waals surface area contributed by atoms with Gasteiger partial charge in [-0.05, 0) is 37.2 Å².